The van der Waals surface area contributed by atoms with E-state index in [1.165, 1.54) is 6.20 Å². The summed E-state index contributed by atoms with van der Waals surface area (Å²) in [5.74, 6) is -0.311. The zero-order valence-electron chi connectivity index (χ0n) is 18.9. The molecule has 1 aliphatic rings. The lowest BCUT2D eigenvalue weighted by atomic mass is 10.1. The lowest BCUT2D eigenvalue weighted by Gasteiger charge is -2.24. The van der Waals surface area contributed by atoms with Crippen molar-refractivity contribution in [2.45, 2.75) is 33.5 Å². The average Bonchev–Trinajstić information content (AvgIpc) is 3.24. The number of carbonyl (C=O) groups is 1. The maximum atomic E-state index is 12.4. The molecule has 0 saturated carbocycles. The Balaban J connectivity index is 0.00000149. The second-order valence-electron chi connectivity index (χ2n) is 7.32. The van der Waals surface area contributed by atoms with E-state index in [1.54, 1.807) is 4.57 Å². The van der Waals surface area contributed by atoms with E-state index in [-0.39, 0.29) is 17.7 Å². The Morgan fingerprint density at radius 3 is 2.48 bits per heavy atom. The fraction of sp³-hybridized carbons (Fsp3) is 0.333. The zero-order valence-corrected chi connectivity index (χ0v) is 18.9. The van der Waals surface area contributed by atoms with E-state index >= 15 is 0 Å². The average molecular weight is 452 g/mol. The zero-order chi connectivity index (χ0) is 23.6. The Bertz CT molecular complexity index is 1050. The number of rotatable bonds is 6. The number of nitrogens with zero attached hydrogens (tertiary/aromatic N) is 4. The molecular weight excluding hydrogens is 422 g/mol. The van der Waals surface area contributed by atoms with Crippen molar-refractivity contribution in [3.8, 4) is 6.01 Å². The van der Waals surface area contributed by atoms with Crippen LogP contribution < -0.4 is 10.1 Å². The van der Waals surface area contributed by atoms with E-state index in [9.17, 15) is 14.9 Å². The molecule has 0 aliphatic carbocycles. The third-order valence-corrected chi connectivity index (χ3v) is 5.13. The summed E-state index contributed by atoms with van der Waals surface area (Å²) in [6.07, 6.45) is 1.40. The first-order chi connectivity index (χ1) is 16.1. The number of benzene rings is 2. The quantitative estimate of drug-likeness (QED) is 0.453. The van der Waals surface area contributed by atoms with Gasteiger partial charge in [-0.2, -0.15) is 0 Å². The monoisotopic (exact) mass is 451 g/mol. The fourth-order valence-electron chi connectivity index (χ4n) is 3.43. The number of fused-ring (bicyclic) bond motifs is 1. The van der Waals surface area contributed by atoms with Gasteiger partial charge in [-0.05, 0) is 28.2 Å². The summed E-state index contributed by atoms with van der Waals surface area (Å²) in [7, 11) is 0. The van der Waals surface area contributed by atoms with Gasteiger partial charge < -0.3 is 20.2 Å². The van der Waals surface area contributed by atoms with Gasteiger partial charge in [0.1, 0.15) is 12.8 Å². The molecule has 33 heavy (non-hydrogen) atoms. The normalized spacial score (nSPS) is 13.4. The van der Waals surface area contributed by atoms with Crippen LogP contribution in [0.15, 0.2) is 60.8 Å². The molecule has 174 valence electrons. The highest BCUT2D eigenvalue weighted by Gasteiger charge is 2.22. The molecule has 1 amide bonds. The molecule has 0 spiro atoms. The summed E-state index contributed by atoms with van der Waals surface area (Å²) in [5, 5.41) is 13.8. The van der Waals surface area contributed by atoms with Crippen molar-refractivity contribution in [2.75, 3.05) is 19.7 Å². The molecule has 3 aromatic rings. The van der Waals surface area contributed by atoms with Gasteiger partial charge >= 0.3 is 11.8 Å². The molecule has 0 bridgehead atoms. The standard InChI is InChI=1S/C22H23N5O4.C2H6/c28-21(23-14-17-4-2-1-3-5-17)19-8-6-18(7-9-19)15-25-10-11-26-16-20(27(29)30)24-22(26)31-13-12-25;1-2/h1-9,16H,10-15H2,(H,23,28);1-2H3. The van der Waals surface area contributed by atoms with Crippen LogP contribution >= 0.6 is 0 Å². The van der Waals surface area contributed by atoms with Gasteiger partial charge in [0.2, 0.25) is 0 Å². The Morgan fingerprint density at radius 1 is 1.06 bits per heavy atom. The van der Waals surface area contributed by atoms with Crippen LogP contribution in [-0.4, -0.2) is 45.0 Å². The molecule has 1 aliphatic heterocycles. The van der Waals surface area contributed by atoms with Crippen LogP contribution in [0.4, 0.5) is 5.82 Å². The van der Waals surface area contributed by atoms with Crippen molar-refractivity contribution in [3.05, 3.63) is 87.6 Å². The first-order valence-electron chi connectivity index (χ1n) is 11.1. The van der Waals surface area contributed by atoms with Crippen LogP contribution in [0.5, 0.6) is 6.01 Å². The Labute approximate surface area is 193 Å². The van der Waals surface area contributed by atoms with Crippen molar-refractivity contribution in [3.63, 3.8) is 0 Å². The maximum absolute atomic E-state index is 12.4. The second kappa shape index (κ2) is 11.8. The minimum Gasteiger partial charge on any atom is -0.444 e. The molecular formula is C24H29N5O4. The Kier molecular flexibility index (Phi) is 8.54. The van der Waals surface area contributed by atoms with Crippen molar-refractivity contribution < 1.29 is 14.5 Å². The van der Waals surface area contributed by atoms with Gasteiger partial charge in [-0.3, -0.25) is 14.3 Å². The molecule has 9 heteroatoms. The maximum Gasteiger partial charge on any atom is 0.414 e. The lowest BCUT2D eigenvalue weighted by molar-refractivity contribution is -0.389. The van der Waals surface area contributed by atoms with Gasteiger partial charge in [-0.1, -0.05) is 56.3 Å². The highest BCUT2D eigenvalue weighted by Crippen LogP contribution is 2.19. The topological polar surface area (TPSA) is 103 Å². The first-order valence-corrected chi connectivity index (χ1v) is 11.1. The van der Waals surface area contributed by atoms with Gasteiger partial charge in [0, 0.05) is 43.3 Å². The van der Waals surface area contributed by atoms with Crippen LogP contribution in [0.25, 0.3) is 0 Å². The van der Waals surface area contributed by atoms with Crippen molar-refractivity contribution in [1.29, 1.82) is 0 Å². The van der Waals surface area contributed by atoms with E-state index in [4.69, 9.17) is 4.74 Å². The molecule has 1 aromatic heterocycles. The highest BCUT2D eigenvalue weighted by molar-refractivity contribution is 5.94. The van der Waals surface area contributed by atoms with Gasteiger partial charge in [0.15, 0.2) is 0 Å². The predicted octanol–water partition coefficient (Wildman–Crippen LogP) is 3.64. The number of imidazole rings is 1. The summed E-state index contributed by atoms with van der Waals surface area (Å²) in [4.78, 5) is 28.9. The molecule has 0 atom stereocenters. The Morgan fingerprint density at radius 2 is 1.79 bits per heavy atom. The minimum atomic E-state index is -0.517. The second-order valence-corrected chi connectivity index (χ2v) is 7.32. The van der Waals surface area contributed by atoms with Crippen molar-refractivity contribution >= 4 is 11.7 Å². The molecule has 2 heterocycles. The Hall–Kier alpha value is -3.72. The summed E-state index contributed by atoms with van der Waals surface area (Å²) >= 11 is 0. The van der Waals surface area contributed by atoms with E-state index < -0.39 is 4.92 Å². The molecule has 9 nitrogen and oxygen atoms in total. The van der Waals surface area contributed by atoms with Crippen LogP contribution in [-0.2, 0) is 19.6 Å². The predicted molar refractivity (Wildman–Crippen MR) is 125 cm³/mol. The molecule has 2 aromatic carbocycles. The van der Waals surface area contributed by atoms with Crippen molar-refractivity contribution in [2.24, 2.45) is 0 Å². The first kappa shape index (κ1) is 23.9. The van der Waals surface area contributed by atoms with Gasteiger partial charge in [0.05, 0.1) is 0 Å². The van der Waals surface area contributed by atoms with E-state index in [2.05, 4.69) is 15.2 Å². The molecule has 4 rings (SSSR count). The smallest absolute Gasteiger partial charge is 0.414 e. The van der Waals surface area contributed by atoms with Crippen LogP contribution in [0, 0.1) is 10.1 Å². The van der Waals surface area contributed by atoms with E-state index in [0.29, 0.717) is 44.9 Å². The van der Waals surface area contributed by atoms with Gasteiger partial charge in [-0.25, -0.2) is 0 Å². The van der Waals surface area contributed by atoms with Crippen LogP contribution in [0.3, 0.4) is 0 Å². The molecule has 0 radical (unpaired) electrons. The minimum absolute atomic E-state index is 0.107. The number of aromatic nitrogens is 2. The SMILES string of the molecule is CC.O=C(NCc1ccccc1)c1ccc(CN2CCOc3nc([N+](=O)[O-])cn3CC2)cc1. The number of hydrogen-bond acceptors (Lipinski definition) is 6. The fourth-order valence-corrected chi connectivity index (χ4v) is 3.43. The van der Waals surface area contributed by atoms with Gasteiger partial charge in [0.25, 0.3) is 5.91 Å². The third-order valence-electron chi connectivity index (χ3n) is 5.13. The molecule has 0 saturated heterocycles. The van der Waals surface area contributed by atoms with Crippen molar-refractivity contribution in [1.82, 2.24) is 19.8 Å². The summed E-state index contributed by atoms with van der Waals surface area (Å²) in [6.45, 7) is 7.53. The third kappa shape index (κ3) is 6.63. The number of hydrogen-bond donors (Lipinski definition) is 1. The van der Waals surface area contributed by atoms with E-state index in [1.807, 2.05) is 68.4 Å². The molecule has 0 unspecified atom stereocenters. The lowest BCUT2D eigenvalue weighted by Crippen LogP contribution is -2.33. The number of ether oxygens (including phenoxy) is 1. The van der Waals surface area contributed by atoms with Gasteiger partial charge in [-0.15, -0.1) is 0 Å². The largest absolute Gasteiger partial charge is 0.444 e. The number of carbonyl (C=O) groups excluding carboxylic acids is 1. The van der Waals surface area contributed by atoms with Crippen LogP contribution in [0.2, 0.25) is 0 Å². The van der Waals surface area contributed by atoms with Crippen LogP contribution in [0.1, 0.15) is 35.3 Å². The summed E-state index contributed by atoms with van der Waals surface area (Å²) in [6, 6.07) is 17.6. The highest BCUT2D eigenvalue weighted by atomic mass is 16.6. The molecule has 0 fully saturated rings. The summed E-state index contributed by atoms with van der Waals surface area (Å²) < 4.78 is 7.27. The molecule has 1 N–H and O–H groups in total. The number of amides is 1. The van der Waals surface area contributed by atoms with E-state index in [0.717, 1.165) is 11.1 Å². The number of nitrogens with one attached hydrogen (secondary N) is 1. The number of nitro groups is 1. The summed E-state index contributed by atoms with van der Waals surface area (Å²) in [5.41, 5.74) is 2.75.